The molecule has 30 heavy (non-hydrogen) atoms. The standard InChI is InChI=1S/C21H20ClN3O4S/c1-2-19(29-20-8-4-3-7-18(20)22)21(26)24-15-9-11-17(12-10-15)30(27,28)25-16-6-5-13-23-14-16/h3-14,19,25H,2H2,1H3,(H,24,26)/t19-/m0/s1. The van der Waals surface area contributed by atoms with Gasteiger partial charge in [0.2, 0.25) is 0 Å². The first-order valence-corrected chi connectivity index (χ1v) is 11.0. The van der Waals surface area contributed by atoms with Gasteiger partial charge in [-0.25, -0.2) is 8.42 Å². The van der Waals surface area contributed by atoms with Crippen LogP contribution in [0.1, 0.15) is 13.3 Å². The number of benzene rings is 2. The van der Waals surface area contributed by atoms with Crippen LogP contribution in [0.2, 0.25) is 5.02 Å². The van der Waals surface area contributed by atoms with E-state index in [1.807, 2.05) is 6.92 Å². The van der Waals surface area contributed by atoms with Crippen LogP contribution in [0.5, 0.6) is 5.75 Å². The van der Waals surface area contributed by atoms with Gasteiger partial charge in [0, 0.05) is 11.9 Å². The maximum absolute atomic E-state index is 12.6. The van der Waals surface area contributed by atoms with Crippen LogP contribution >= 0.6 is 11.6 Å². The number of rotatable bonds is 8. The van der Waals surface area contributed by atoms with E-state index < -0.39 is 16.1 Å². The molecule has 1 atom stereocenters. The van der Waals surface area contributed by atoms with E-state index in [1.54, 1.807) is 42.6 Å². The molecule has 2 aromatic carbocycles. The van der Waals surface area contributed by atoms with Crippen LogP contribution in [0.25, 0.3) is 0 Å². The third-order valence-corrected chi connectivity index (χ3v) is 5.82. The lowest BCUT2D eigenvalue weighted by Crippen LogP contribution is -2.32. The van der Waals surface area contributed by atoms with Gasteiger partial charge in [-0.15, -0.1) is 0 Å². The van der Waals surface area contributed by atoms with Gasteiger partial charge in [0.25, 0.3) is 15.9 Å². The maximum Gasteiger partial charge on any atom is 0.265 e. The second-order valence-electron chi connectivity index (χ2n) is 6.31. The number of amides is 1. The number of hydrogen-bond donors (Lipinski definition) is 2. The Kier molecular flexibility index (Phi) is 6.91. The molecule has 0 aliphatic carbocycles. The van der Waals surface area contributed by atoms with Gasteiger partial charge in [-0.2, -0.15) is 0 Å². The van der Waals surface area contributed by atoms with Gasteiger partial charge < -0.3 is 10.1 Å². The first-order chi connectivity index (χ1) is 14.4. The van der Waals surface area contributed by atoms with Gasteiger partial charge in [0.05, 0.1) is 21.8 Å². The van der Waals surface area contributed by atoms with Crippen LogP contribution < -0.4 is 14.8 Å². The molecular formula is C21H20ClN3O4S. The molecule has 1 aromatic heterocycles. The molecule has 156 valence electrons. The zero-order valence-electron chi connectivity index (χ0n) is 16.1. The molecule has 0 radical (unpaired) electrons. The highest BCUT2D eigenvalue weighted by Crippen LogP contribution is 2.25. The summed E-state index contributed by atoms with van der Waals surface area (Å²) in [7, 11) is -3.77. The van der Waals surface area contributed by atoms with Gasteiger partial charge in [0.15, 0.2) is 6.10 Å². The Balaban J connectivity index is 1.67. The summed E-state index contributed by atoms with van der Waals surface area (Å²) in [4.78, 5) is 16.5. The number of aromatic nitrogens is 1. The lowest BCUT2D eigenvalue weighted by molar-refractivity contribution is -0.122. The van der Waals surface area contributed by atoms with E-state index in [2.05, 4.69) is 15.0 Å². The number of halogens is 1. The van der Waals surface area contributed by atoms with E-state index >= 15 is 0 Å². The van der Waals surface area contributed by atoms with E-state index in [1.165, 1.54) is 30.5 Å². The molecule has 0 aliphatic heterocycles. The quantitative estimate of drug-likeness (QED) is 0.537. The summed E-state index contributed by atoms with van der Waals surface area (Å²) in [5.74, 6) is 0.0607. The molecule has 0 spiro atoms. The Labute approximate surface area is 180 Å². The number of ether oxygens (including phenoxy) is 1. The Bertz CT molecular complexity index is 1110. The minimum Gasteiger partial charge on any atom is -0.479 e. The van der Waals surface area contributed by atoms with Crippen molar-refractivity contribution in [2.24, 2.45) is 0 Å². The Hall–Kier alpha value is -3.10. The fraction of sp³-hybridized carbons (Fsp3) is 0.143. The SMILES string of the molecule is CC[C@H](Oc1ccccc1Cl)C(=O)Nc1ccc(S(=O)(=O)Nc2cccnc2)cc1. The molecule has 3 aromatic rings. The van der Waals surface area contributed by atoms with Crippen molar-refractivity contribution in [3.63, 3.8) is 0 Å². The number of hydrogen-bond acceptors (Lipinski definition) is 5. The average molecular weight is 446 g/mol. The van der Waals surface area contributed by atoms with Crippen LogP contribution in [0, 0.1) is 0 Å². The van der Waals surface area contributed by atoms with Gasteiger partial charge in [0.1, 0.15) is 5.75 Å². The minimum absolute atomic E-state index is 0.0590. The summed E-state index contributed by atoms with van der Waals surface area (Å²) in [5.41, 5.74) is 0.805. The second-order valence-corrected chi connectivity index (χ2v) is 8.40. The van der Waals surface area contributed by atoms with Crippen molar-refractivity contribution in [1.29, 1.82) is 0 Å². The van der Waals surface area contributed by atoms with Gasteiger partial charge in [-0.05, 0) is 55.0 Å². The molecular weight excluding hydrogens is 426 g/mol. The van der Waals surface area contributed by atoms with Gasteiger partial charge in [-0.3, -0.25) is 14.5 Å². The number of para-hydroxylation sites is 1. The van der Waals surface area contributed by atoms with Crippen molar-refractivity contribution >= 4 is 38.9 Å². The van der Waals surface area contributed by atoms with Crippen molar-refractivity contribution in [1.82, 2.24) is 4.98 Å². The Morgan fingerprint density at radius 2 is 1.80 bits per heavy atom. The smallest absolute Gasteiger partial charge is 0.265 e. The molecule has 0 aliphatic rings. The van der Waals surface area contributed by atoms with Crippen molar-refractivity contribution in [3.8, 4) is 5.75 Å². The van der Waals surface area contributed by atoms with Crippen molar-refractivity contribution in [2.45, 2.75) is 24.3 Å². The monoisotopic (exact) mass is 445 g/mol. The van der Waals surface area contributed by atoms with E-state index in [-0.39, 0.29) is 10.8 Å². The van der Waals surface area contributed by atoms with Gasteiger partial charge in [-0.1, -0.05) is 30.7 Å². The molecule has 0 unspecified atom stereocenters. The topological polar surface area (TPSA) is 97.4 Å². The molecule has 3 rings (SSSR count). The van der Waals surface area contributed by atoms with E-state index in [4.69, 9.17) is 16.3 Å². The van der Waals surface area contributed by atoms with Crippen LogP contribution in [0.3, 0.4) is 0 Å². The molecule has 1 amide bonds. The molecule has 0 fully saturated rings. The Morgan fingerprint density at radius 1 is 1.07 bits per heavy atom. The molecule has 1 heterocycles. The number of carbonyl (C=O) groups excluding carboxylic acids is 1. The van der Waals surface area contributed by atoms with Crippen LogP contribution in [0.4, 0.5) is 11.4 Å². The molecule has 0 saturated heterocycles. The summed E-state index contributed by atoms with van der Waals surface area (Å²) >= 11 is 6.08. The number of anilines is 2. The lowest BCUT2D eigenvalue weighted by atomic mass is 10.2. The zero-order chi connectivity index (χ0) is 21.6. The summed E-state index contributed by atoms with van der Waals surface area (Å²) in [5, 5.41) is 3.14. The predicted octanol–water partition coefficient (Wildman–Crippen LogP) is 4.33. The van der Waals surface area contributed by atoms with Crippen LogP contribution in [0.15, 0.2) is 78.0 Å². The molecule has 0 bridgehead atoms. The first-order valence-electron chi connectivity index (χ1n) is 9.14. The van der Waals surface area contributed by atoms with Gasteiger partial charge >= 0.3 is 0 Å². The average Bonchev–Trinajstić information content (AvgIpc) is 2.74. The highest BCUT2D eigenvalue weighted by Gasteiger charge is 2.20. The molecule has 2 N–H and O–H groups in total. The number of carbonyl (C=O) groups is 1. The third-order valence-electron chi connectivity index (χ3n) is 4.12. The molecule has 0 saturated carbocycles. The normalized spacial score (nSPS) is 12.1. The second kappa shape index (κ2) is 9.60. The lowest BCUT2D eigenvalue weighted by Gasteiger charge is -2.18. The highest BCUT2D eigenvalue weighted by atomic mass is 35.5. The van der Waals surface area contributed by atoms with E-state index in [9.17, 15) is 13.2 Å². The minimum atomic E-state index is -3.77. The molecule has 7 nitrogen and oxygen atoms in total. The number of nitrogens with one attached hydrogen (secondary N) is 2. The fourth-order valence-electron chi connectivity index (χ4n) is 2.59. The number of sulfonamides is 1. The van der Waals surface area contributed by atoms with Crippen molar-refractivity contribution < 1.29 is 17.9 Å². The predicted molar refractivity (Wildman–Crippen MR) is 116 cm³/mol. The third kappa shape index (κ3) is 5.49. The number of nitrogens with zero attached hydrogens (tertiary/aromatic N) is 1. The van der Waals surface area contributed by atoms with Crippen molar-refractivity contribution in [2.75, 3.05) is 10.0 Å². The van der Waals surface area contributed by atoms with E-state index in [0.717, 1.165) is 0 Å². The van der Waals surface area contributed by atoms with E-state index in [0.29, 0.717) is 28.6 Å². The van der Waals surface area contributed by atoms with Crippen LogP contribution in [-0.4, -0.2) is 25.4 Å². The maximum atomic E-state index is 12.6. The largest absolute Gasteiger partial charge is 0.479 e. The zero-order valence-corrected chi connectivity index (χ0v) is 17.7. The Morgan fingerprint density at radius 3 is 2.43 bits per heavy atom. The van der Waals surface area contributed by atoms with Crippen molar-refractivity contribution in [3.05, 3.63) is 78.1 Å². The first kappa shape index (κ1) is 21.6. The summed E-state index contributed by atoms with van der Waals surface area (Å²) < 4.78 is 33.1. The summed E-state index contributed by atoms with van der Waals surface area (Å²) in [6.07, 6.45) is 2.64. The summed E-state index contributed by atoms with van der Waals surface area (Å²) in [6.45, 7) is 1.82. The highest BCUT2D eigenvalue weighted by molar-refractivity contribution is 7.92. The molecule has 9 heteroatoms. The number of pyridine rings is 1. The van der Waals surface area contributed by atoms with Crippen LogP contribution in [-0.2, 0) is 14.8 Å². The fourth-order valence-corrected chi connectivity index (χ4v) is 3.82. The summed E-state index contributed by atoms with van der Waals surface area (Å²) in [6, 6.07) is 16.0.